The quantitative estimate of drug-likeness (QED) is 0.564. The Morgan fingerprint density at radius 3 is 3.09 bits per heavy atom. The van der Waals surface area contributed by atoms with Crippen LogP contribution >= 0.6 is 0 Å². The average Bonchev–Trinajstić information content (AvgIpc) is 2.47. The lowest BCUT2D eigenvalue weighted by Gasteiger charge is -2.26. The van der Waals surface area contributed by atoms with Crippen molar-refractivity contribution in [3.63, 3.8) is 0 Å². The molecule has 0 bridgehead atoms. The number of hydrogen-bond donors (Lipinski definition) is 0. The summed E-state index contributed by atoms with van der Waals surface area (Å²) >= 11 is 0. The molecule has 2 aliphatic heterocycles. The Morgan fingerprint density at radius 1 is 1.36 bits per heavy atom. The van der Waals surface area contributed by atoms with E-state index in [1.165, 1.54) is 6.42 Å². The van der Waals surface area contributed by atoms with Crippen LogP contribution < -0.4 is 0 Å². The molecule has 2 saturated heterocycles. The van der Waals surface area contributed by atoms with Crippen LogP contribution in [0.5, 0.6) is 0 Å². The number of methoxy groups -OCH3 is 1. The third-order valence-electron chi connectivity index (χ3n) is 2.52. The van der Waals surface area contributed by atoms with Crippen LogP contribution in [0.3, 0.4) is 0 Å². The van der Waals surface area contributed by atoms with Gasteiger partial charge in [-0.2, -0.15) is 0 Å². The molecular weight excluding hydrogens is 144 g/mol. The zero-order valence-electron chi connectivity index (χ0n) is 6.79. The molecule has 0 spiro atoms. The Hall–Kier alpha value is -0.120. The molecule has 0 aromatic carbocycles. The highest BCUT2D eigenvalue weighted by Crippen LogP contribution is 2.31. The fraction of sp³-hybridized carbons (Fsp3) is 1.00. The van der Waals surface area contributed by atoms with E-state index < -0.39 is 0 Å². The maximum atomic E-state index is 5.43. The molecule has 0 unspecified atom stereocenters. The van der Waals surface area contributed by atoms with Gasteiger partial charge >= 0.3 is 0 Å². The van der Waals surface area contributed by atoms with E-state index in [0.29, 0.717) is 12.5 Å². The van der Waals surface area contributed by atoms with E-state index in [1.807, 2.05) is 0 Å². The van der Waals surface area contributed by atoms with Gasteiger partial charge in [-0.3, -0.25) is 0 Å². The largest absolute Gasteiger partial charge is 0.379 e. The molecule has 0 aromatic heterocycles. The van der Waals surface area contributed by atoms with Crippen molar-refractivity contribution in [2.45, 2.75) is 25.2 Å². The zero-order chi connectivity index (χ0) is 7.68. The molecule has 3 atom stereocenters. The van der Waals surface area contributed by atoms with Crippen molar-refractivity contribution >= 4 is 0 Å². The molecular formula is C8H14O3. The third-order valence-corrected chi connectivity index (χ3v) is 2.52. The number of ether oxygens (including phenoxy) is 3. The van der Waals surface area contributed by atoms with Gasteiger partial charge in [0, 0.05) is 19.6 Å². The Morgan fingerprint density at radius 2 is 2.27 bits per heavy atom. The van der Waals surface area contributed by atoms with Crippen LogP contribution in [0.25, 0.3) is 0 Å². The van der Waals surface area contributed by atoms with Crippen molar-refractivity contribution in [1.82, 2.24) is 0 Å². The van der Waals surface area contributed by atoms with E-state index in [2.05, 4.69) is 0 Å². The summed E-state index contributed by atoms with van der Waals surface area (Å²) in [5.74, 6) is 0.480. The predicted octanol–water partition coefficient (Wildman–Crippen LogP) is 0.784. The number of rotatable bonds is 1. The van der Waals surface area contributed by atoms with Crippen molar-refractivity contribution in [3.8, 4) is 0 Å². The van der Waals surface area contributed by atoms with Crippen molar-refractivity contribution in [2.75, 3.05) is 20.3 Å². The van der Waals surface area contributed by atoms with Gasteiger partial charge in [0.15, 0.2) is 6.29 Å². The number of fused-ring (bicyclic) bond motifs is 1. The van der Waals surface area contributed by atoms with Crippen molar-refractivity contribution in [2.24, 2.45) is 5.92 Å². The van der Waals surface area contributed by atoms with E-state index in [1.54, 1.807) is 7.11 Å². The van der Waals surface area contributed by atoms with E-state index in [0.717, 1.165) is 13.0 Å². The van der Waals surface area contributed by atoms with E-state index in [-0.39, 0.29) is 12.4 Å². The van der Waals surface area contributed by atoms with Gasteiger partial charge in [0.25, 0.3) is 0 Å². The second-order valence-electron chi connectivity index (χ2n) is 3.15. The molecule has 0 aromatic rings. The van der Waals surface area contributed by atoms with Gasteiger partial charge in [0.1, 0.15) is 0 Å². The molecule has 3 heteroatoms. The van der Waals surface area contributed by atoms with Crippen LogP contribution in [0.15, 0.2) is 0 Å². The minimum atomic E-state index is 0.0219. The molecule has 2 heterocycles. The summed E-state index contributed by atoms with van der Waals surface area (Å²) in [5, 5.41) is 0. The third kappa shape index (κ3) is 1.28. The monoisotopic (exact) mass is 158 g/mol. The van der Waals surface area contributed by atoms with Crippen LogP contribution in [0.2, 0.25) is 0 Å². The topological polar surface area (TPSA) is 27.7 Å². The smallest absolute Gasteiger partial charge is 0.163 e. The van der Waals surface area contributed by atoms with Gasteiger partial charge in [-0.15, -0.1) is 0 Å². The van der Waals surface area contributed by atoms with Gasteiger partial charge in [0.05, 0.1) is 12.7 Å². The first-order valence-corrected chi connectivity index (χ1v) is 4.18. The van der Waals surface area contributed by atoms with E-state index >= 15 is 0 Å². The summed E-state index contributed by atoms with van der Waals surface area (Å²) in [7, 11) is 1.74. The molecule has 3 nitrogen and oxygen atoms in total. The summed E-state index contributed by atoms with van der Waals surface area (Å²) < 4.78 is 16.1. The predicted molar refractivity (Wildman–Crippen MR) is 39.2 cm³/mol. The molecule has 2 aliphatic rings. The minimum Gasteiger partial charge on any atom is -0.379 e. The van der Waals surface area contributed by atoms with Gasteiger partial charge in [0.2, 0.25) is 0 Å². The Kier molecular flexibility index (Phi) is 2.11. The molecule has 0 amide bonds. The maximum absolute atomic E-state index is 5.43. The summed E-state index contributed by atoms with van der Waals surface area (Å²) in [6.07, 6.45) is 2.61. The Balaban J connectivity index is 1.98. The van der Waals surface area contributed by atoms with Crippen LogP contribution in [-0.2, 0) is 14.2 Å². The highest BCUT2D eigenvalue weighted by atomic mass is 16.7. The lowest BCUT2D eigenvalue weighted by Crippen LogP contribution is -2.31. The van der Waals surface area contributed by atoms with Gasteiger partial charge in [-0.1, -0.05) is 0 Å². The second kappa shape index (κ2) is 3.09. The molecule has 2 fully saturated rings. The van der Waals surface area contributed by atoms with Gasteiger partial charge < -0.3 is 14.2 Å². The first kappa shape index (κ1) is 7.53. The lowest BCUT2D eigenvalue weighted by molar-refractivity contribution is -0.152. The maximum Gasteiger partial charge on any atom is 0.163 e. The highest BCUT2D eigenvalue weighted by molar-refractivity contribution is 4.81. The fourth-order valence-corrected chi connectivity index (χ4v) is 1.87. The fourth-order valence-electron chi connectivity index (χ4n) is 1.87. The summed E-state index contributed by atoms with van der Waals surface area (Å²) in [5.41, 5.74) is 0. The van der Waals surface area contributed by atoms with Gasteiger partial charge in [-0.25, -0.2) is 0 Å². The zero-order valence-corrected chi connectivity index (χ0v) is 6.79. The van der Waals surface area contributed by atoms with Crippen LogP contribution in [0.1, 0.15) is 12.8 Å². The average molecular weight is 158 g/mol. The molecule has 64 valence electrons. The molecule has 11 heavy (non-hydrogen) atoms. The minimum absolute atomic E-state index is 0.0219. The standard InChI is InChI=1S/C8H14O3/c1-9-7-5-11-8-6(7)3-2-4-10-8/h6-8H,2-5H2,1H3/t6-,7-,8+/m1/s1. The molecule has 0 N–H and O–H groups in total. The molecule has 2 rings (SSSR count). The van der Waals surface area contributed by atoms with Gasteiger partial charge in [-0.05, 0) is 12.8 Å². The molecule has 0 saturated carbocycles. The van der Waals surface area contributed by atoms with Crippen molar-refractivity contribution in [3.05, 3.63) is 0 Å². The van der Waals surface area contributed by atoms with Crippen molar-refractivity contribution < 1.29 is 14.2 Å². The molecule has 0 aliphatic carbocycles. The summed E-state index contributed by atoms with van der Waals surface area (Å²) in [6.45, 7) is 1.55. The van der Waals surface area contributed by atoms with E-state index in [4.69, 9.17) is 14.2 Å². The normalized spacial score (nSPS) is 43.9. The number of hydrogen-bond acceptors (Lipinski definition) is 3. The van der Waals surface area contributed by atoms with E-state index in [9.17, 15) is 0 Å². The van der Waals surface area contributed by atoms with Crippen LogP contribution in [0, 0.1) is 5.92 Å². The second-order valence-corrected chi connectivity index (χ2v) is 3.15. The lowest BCUT2D eigenvalue weighted by atomic mass is 9.97. The Labute approximate surface area is 66.6 Å². The summed E-state index contributed by atoms with van der Waals surface area (Å²) in [6, 6.07) is 0. The highest BCUT2D eigenvalue weighted by Gasteiger charge is 2.39. The van der Waals surface area contributed by atoms with Crippen molar-refractivity contribution in [1.29, 1.82) is 0 Å². The first-order chi connectivity index (χ1) is 5.42. The molecule has 0 radical (unpaired) electrons. The first-order valence-electron chi connectivity index (χ1n) is 4.18. The summed E-state index contributed by atoms with van der Waals surface area (Å²) in [4.78, 5) is 0. The van der Waals surface area contributed by atoms with Crippen LogP contribution in [-0.4, -0.2) is 32.7 Å². The van der Waals surface area contributed by atoms with Crippen LogP contribution in [0.4, 0.5) is 0 Å². The SMILES string of the molecule is CO[C@@H]1CO[C@@H]2OCCC[C@@H]21. The Bertz CT molecular complexity index is 131.